The van der Waals surface area contributed by atoms with Crippen molar-refractivity contribution in [3.8, 4) is 33.9 Å². The summed E-state index contributed by atoms with van der Waals surface area (Å²) in [6.45, 7) is 9.45. The molecule has 6 aromatic rings. The van der Waals surface area contributed by atoms with E-state index in [1.165, 1.54) is 44.4 Å². The molecule has 0 fully saturated rings. The second-order valence-corrected chi connectivity index (χ2v) is 14.4. The van der Waals surface area contributed by atoms with Crippen molar-refractivity contribution in [2.75, 3.05) is 0 Å². The Labute approximate surface area is 282 Å². The molecule has 0 radical (unpaired) electrons. The second kappa shape index (κ2) is 10.6. The molecule has 2 atom stereocenters. The van der Waals surface area contributed by atoms with Crippen molar-refractivity contribution in [1.82, 2.24) is 19.5 Å². The highest BCUT2D eigenvalue weighted by molar-refractivity contribution is 5.99. The minimum absolute atomic E-state index is 0.0697. The van der Waals surface area contributed by atoms with Crippen LogP contribution < -0.4 is 0 Å². The lowest BCUT2D eigenvalue weighted by Gasteiger charge is -2.34. The predicted molar refractivity (Wildman–Crippen MR) is 197 cm³/mol. The smallest absolute Gasteiger partial charge is 0.164 e. The van der Waals surface area contributed by atoms with Crippen molar-refractivity contribution >= 4 is 22.6 Å². The number of rotatable bonds is 4. The lowest BCUT2D eigenvalue weighted by atomic mass is 9.82. The number of aromatic nitrogens is 4. The molecule has 48 heavy (non-hydrogen) atoms. The van der Waals surface area contributed by atoms with Crippen LogP contribution in [0.25, 0.3) is 56.5 Å². The van der Waals surface area contributed by atoms with Crippen LogP contribution in [0.1, 0.15) is 62.3 Å². The van der Waals surface area contributed by atoms with E-state index in [9.17, 15) is 0 Å². The van der Waals surface area contributed by atoms with Gasteiger partial charge >= 0.3 is 0 Å². The first-order valence-electron chi connectivity index (χ1n) is 17.1. The van der Waals surface area contributed by atoms with Crippen LogP contribution in [0, 0.1) is 5.92 Å². The van der Waals surface area contributed by atoms with E-state index in [0.717, 1.165) is 29.5 Å². The third-order valence-electron chi connectivity index (χ3n) is 10.7. The van der Waals surface area contributed by atoms with E-state index < -0.39 is 0 Å². The highest BCUT2D eigenvalue weighted by atomic mass is 15.1. The molecule has 0 bridgehead atoms. The normalized spacial score (nSPS) is 20.3. The van der Waals surface area contributed by atoms with E-state index in [4.69, 9.17) is 15.0 Å². The van der Waals surface area contributed by atoms with E-state index >= 15 is 0 Å². The zero-order chi connectivity index (χ0) is 32.6. The summed E-state index contributed by atoms with van der Waals surface area (Å²) in [6.07, 6.45) is 13.5. The van der Waals surface area contributed by atoms with Gasteiger partial charge in [0.25, 0.3) is 0 Å². The third-order valence-corrected chi connectivity index (χ3v) is 10.7. The maximum atomic E-state index is 5.09. The van der Waals surface area contributed by atoms with Crippen molar-refractivity contribution in [2.45, 2.75) is 51.5 Å². The van der Waals surface area contributed by atoms with Crippen molar-refractivity contribution in [3.63, 3.8) is 0 Å². The summed E-state index contributed by atoms with van der Waals surface area (Å²) in [6, 6.07) is 34.3. The van der Waals surface area contributed by atoms with Crippen molar-refractivity contribution in [3.05, 3.63) is 150 Å². The van der Waals surface area contributed by atoms with Gasteiger partial charge < -0.3 is 4.57 Å². The molecule has 4 aromatic carbocycles. The first-order valence-corrected chi connectivity index (χ1v) is 17.1. The lowest BCUT2D eigenvalue weighted by molar-refractivity contribution is 0.408. The van der Waals surface area contributed by atoms with Crippen molar-refractivity contribution in [2.24, 2.45) is 5.92 Å². The maximum absolute atomic E-state index is 5.09. The van der Waals surface area contributed by atoms with Gasteiger partial charge in [-0.3, -0.25) is 0 Å². The second-order valence-electron chi connectivity index (χ2n) is 14.4. The molecule has 3 aliphatic carbocycles. The zero-order valence-corrected chi connectivity index (χ0v) is 27.9. The highest BCUT2D eigenvalue weighted by Crippen LogP contribution is 2.52. The van der Waals surface area contributed by atoms with Crippen LogP contribution >= 0.6 is 0 Å². The van der Waals surface area contributed by atoms with Gasteiger partial charge in [-0.1, -0.05) is 130 Å². The van der Waals surface area contributed by atoms with Crippen LogP contribution in [0.15, 0.2) is 121 Å². The molecule has 0 saturated heterocycles. The van der Waals surface area contributed by atoms with Crippen LogP contribution in [0.5, 0.6) is 0 Å². The first-order chi connectivity index (χ1) is 23.3. The fourth-order valence-corrected chi connectivity index (χ4v) is 8.26. The number of allylic oxidation sites excluding steroid dienone is 5. The number of hydrogen-bond acceptors (Lipinski definition) is 3. The molecular weight excluding hydrogens is 585 g/mol. The molecular formula is C44H38N4. The Bertz CT molecular complexity index is 2280. The largest absolute Gasteiger partial charge is 0.334 e. The van der Waals surface area contributed by atoms with Gasteiger partial charge in [-0.05, 0) is 66.1 Å². The van der Waals surface area contributed by atoms with Gasteiger partial charge in [-0.2, -0.15) is 0 Å². The molecule has 2 heterocycles. The molecule has 0 spiro atoms. The van der Waals surface area contributed by atoms with Crippen LogP contribution in [-0.4, -0.2) is 19.5 Å². The van der Waals surface area contributed by atoms with Crippen LogP contribution in [0.4, 0.5) is 0 Å². The van der Waals surface area contributed by atoms with Gasteiger partial charge in [0.2, 0.25) is 0 Å². The fraction of sp³-hybridized carbons (Fsp3) is 0.205. The SMILES string of the molecule is CC1C=Cc2c(n(C3(C)C=C(c4nc(-c5ccccc5)nc(-c5ccccc5)n4)C=CC3)c3cc4c(cc23)-c2ccccc2C4(C)C)C1. The Morgan fingerprint density at radius 3 is 2.04 bits per heavy atom. The number of fused-ring (bicyclic) bond motifs is 6. The maximum Gasteiger partial charge on any atom is 0.164 e. The third kappa shape index (κ3) is 4.39. The summed E-state index contributed by atoms with van der Waals surface area (Å²) >= 11 is 0. The van der Waals surface area contributed by atoms with Crippen LogP contribution in [-0.2, 0) is 17.4 Å². The number of nitrogens with zero attached hydrogens (tertiary/aromatic N) is 4. The Morgan fingerprint density at radius 2 is 1.33 bits per heavy atom. The van der Waals surface area contributed by atoms with Crippen LogP contribution in [0.2, 0.25) is 0 Å². The summed E-state index contributed by atoms with van der Waals surface area (Å²) in [5.41, 5.74) is 12.2. The molecule has 0 N–H and O–H groups in total. The molecule has 2 unspecified atom stereocenters. The summed E-state index contributed by atoms with van der Waals surface area (Å²) in [7, 11) is 0. The lowest BCUT2D eigenvalue weighted by Crippen LogP contribution is -2.31. The Balaban J connectivity index is 1.25. The van der Waals surface area contributed by atoms with Gasteiger partial charge in [0.15, 0.2) is 17.5 Å². The summed E-state index contributed by atoms with van der Waals surface area (Å²) < 4.78 is 2.65. The number of benzene rings is 4. The molecule has 9 rings (SSSR count). The summed E-state index contributed by atoms with van der Waals surface area (Å²) in [4.78, 5) is 15.1. The minimum atomic E-state index is -0.322. The van der Waals surface area contributed by atoms with Gasteiger partial charge in [-0.15, -0.1) is 0 Å². The van der Waals surface area contributed by atoms with Gasteiger partial charge in [0.1, 0.15) is 0 Å². The molecule has 234 valence electrons. The standard InChI is InChI=1S/C44H38N4/c1-28-21-22-33-35-25-34-32-19-11-12-20-36(32)43(2,3)37(34)26-39(35)48(38(33)24-28)44(4)23-13-18-31(27-44)42-46-40(29-14-7-5-8-15-29)45-41(47-42)30-16-9-6-10-17-30/h5-22,25-28H,23-24H2,1-4H3. The summed E-state index contributed by atoms with van der Waals surface area (Å²) in [5.74, 6) is 2.53. The zero-order valence-electron chi connectivity index (χ0n) is 27.9. The molecule has 0 amide bonds. The van der Waals surface area contributed by atoms with Crippen LogP contribution in [0.3, 0.4) is 0 Å². The molecule has 4 heteroatoms. The fourth-order valence-electron chi connectivity index (χ4n) is 8.26. The monoisotopic (exact) mass is 622 g/mol. The Morgan fingerprint density at radius 1 is 0.688 bits per heavy atom. The van der Waals surface area contributed by atoms with Gasteiger partial charge in [0.05, 0.1) is 5.54 Å². The average Bonchev–Trinajstić information content (AvgIpc) is 3.56. The van der Waals surface area contributed by atoms with Crippen molar-refractivity contribution in [1.29, 1.82) is 0 Å². The van der Waals surface area contributed by atoms with E-state index in [-0.39, 0.29) is 11.0 Å². The molecule has 0 aliphatic heterocycles. The van der Waals surface area contributed by atoms with E-state index in [1.54, 1.807) is 0 Å². The quantitative estimate of drug-likeness (QED) is 0.196. The Kier molecular flexibility index (Phi) is 6.36. The van der Waals surface area contributed by atoms with E-state index in [1.807, 2.05) is 36.4 Å². The number of hydrogen-bond donors (Lipinski definition) is 0. The highest BCUT2D eigenvalue weighted by Gasteiger charge is 2.38. The predicted octanol–water partition coefficient (Wildman–Crippen LogP) is 10.4. The topological polar surface area (TPSA) is 43.6 Å². The van der Waals surface area contributed by atoms with E-state index in [0.29, 0.717) is 23.4 Å². The molecule has 3 aliphatic rings. The molecule has 4 nitrogen and oxygen atoms in total. The summed E-state index contributed by atoms with van der Waals surface area (Å²) in [5, 5.41) is 1.34. The van der Waals surface area contributed by atoms with Gasteiger partial charge in [-0.25, -0.2) is 15.0 Å². The molecule has 0 saturated carbocycles. The minimum Gasteiger partial charge on any atom is -0.334 e. The average molecular weight is 623 g/mol. The Hall–Kier alpha value is -5.35. The first kappa shape index (κ1) is 28.8. The van der Waals surface area contributed by atoms with Crippen molar-refractivity contribution < 1.29 is 0 Å². The molecule has 2 aromatic heterocycles. The van der Waals surface area contributed by atoms with E-state index in [2.05, 4.69) is 123 Å². The van der Waals surface area contributed by atoms with Gasteiger partial charge in [0, 0.05) is 44.3 Å².